The molecule has 0 bridgehead atoms. The number of hydrogen-bond donors (Lipinski definition) is 2. The van der Waals surface area contributed by atoms with Crippen molar-refractivity contribution in [2.75, 3.05) is 20.2 Å². The summed E-state index contributed by atoms with van der Waals surface area (Å²) < 4.78 is 4.33. The van der Waals surface area contributed by atoms with Gasteiger partial charge in [-0.15, -0.1) is 0 Å². The van der Waals surface area contributed by atoms with Crippen molar-refractivity contribution in [3.05, 3.63) is 0 Å². The molecule has 0 unspecified atom stereocenters. The maximum Gasteiger partial charge on any atom is 0.406 e. The van der Waals surface area contributed by atoms with Gasteiger partial charge in [0.15, 0.2) is 0 Å². The van der Waals surface area contributed by atoms with Gasteiger partial charge in [0, 0.05) is 19.5 Å². The molecule has 5 nitrogen and oxygen atoms in total. The average Bonchev–Trinajstić information content (AvgIpc) is 2.14. The lowest BCUT2D eigenvalue weighted by molar-refractivity contribution is -0.120. The maximum absolute atomic E-state index is 11.0. The van der Waals surface area contributed by atoms with Gasteiger partial charge in [-0.2, -0.15) is 0 Å². The Morgan fingerprint density at radius 3 is 2.46 bits per heavy atom. The molecule has 0 heterocycles. The van der Waals surface area contributed by atoms with Crippen LogP contribution in [0.3, 0.4) is 0 Å². The number of carbonyl (C=O) groups is 2. The Kier molecular flexibility index (Phi) is 6.68. The van der Waals surface area contributed by atoms with E-state index in [4.69, 9.17) is 0 Å². The van der Waals surface area contributed by atoms with Gasteiger partial charge in [-0.25, -0.2) is 4.79 Å². The molecule has 0 aliphatic heterocycles. The summed E-state index contributed by atoms with van der Waals surface area (Å²) in [5, 5.41) is 5.11. The first-order chi connectivity index (χ1) is 6.20. The van der Waals surface area contributed by atoms with Gasteiger partial charge < -0.3 is 15.4 Å². The molecule has 0 rings (SSSR count). The fraction of sp³-hybridized carbons (Fsp3) is 0.750. The normalized spacial score (nSPS) is 9.08. The van der Waals surface area contributed by atoms with E-state index in [1.165, 1.54) is 7.11 Å². The van der Waals surface area contributed by atoms with Crippen LogP contribution in [0.1, 0.15) is 19.8 Å². The highest BCUT2D eigenvalue weighted by molar-refractivity contribution is 5.76. The second-order valence-electron chi connectivity index (χ2n) is 2.52. The third-order valence-electron chi connectivity index (χ3n) is 1.38. The molecule has 0 atom stereocenters. The molecule has 2 N–H and O–H groups in total. The van der Waals surface area contributed by atoms with Gasteiger partial charge in [0.25, 0.3) is 0 Å². The van der Waals surface area contributed by atoms with Crippen molar-refractivity contribution >= 4 is 12.0 Å². The second kappa shape index (κ2) is 7.39. The molecule has 5 heteroatoms. The third kappa shape index (κ3) is 7.11. The van der Waals surface area contributed by atoms with Gasteiger partial charge in [0.1, 0.15) is 0 Å². The first-order valence-corrected chi connectivity index (χ1v) is 4.29. The minimum absolute atomic E-state index is 0.0572. The summed E-state index contributed by atoms with van der Waals surface area (Å²) in [5.74, 6) is -0.0572. The Balaban J connectivity index is 3.31. The van der Waals surface area contributed by atoms with E-state index in [0.717, 1.165) is 6.42 Å². The van der Waals surface area contributed by atoms with Gasteiger partial charge in [-0.3, -0.25) is 4.79 Å². The van der Waals surface area contributed by atoms with Gasteiger partial charge in [-0.1, -0.05) is 6.92 Å². The fourth-order valence-corrected chi connectivity index (χ4v) is 0.703. The van der Waals surface area contributed by atoms with E-state index in [1.54, 1.807) is 0 Å². The molecule has 0 aromatic carbocycles. The number of rotatable bonds is 5. The summed E-state index contributed by atoms with van der Waals surface area (Å²) in [4.78, 5) is 21.5. The van der Waals surface area contributed by atoms with E-state index in [2.05, 4.69) is 15.4 Å². The zero-order valence-corrected chi connectivity index (χ0v) is 8.05. The molecule has 2 amide bonds. The molecule has 0 radical (unpaired) electrons. The molecule has 0 aromatic heterocycles. The predicted octanol–water partition coefficient (Wildman–Crippen LogP) is 0.259. The van der Waals surface area contributed by atoms with Gasteiger partial charge in [-0.05, 0) is 6.42 Å². The second-order valence-corrected chi connectivity index (χ2v) is 2.52. The zero-order chi connectivity index (χ0) is 10.1. The standard InChI is InChI=1S/C8H16N2O3/c1-3-5-9-7(11)4-6-10-8(12)13-2/h3-6H2,1-2H3,(H,9,11)(H,10,12). The van der Waals surface area contributed by atoms with Gasteiger partial charge in [0.2, 0.25) is 5.91 Å². The van der Waals surface area contributed by atoms with E-state index in [-0.39, 0.29) is 12.3 Å². The fourth-order valence-electron chi connectivity index (χ4n) is 0.703. The van der Waals surface area contributed by atoms with E-state index in [0.29, 0.717) is 13.1 Å². The van der Waals surface area contributed by atoms with Crippen LogP contribution < -0.4 is 10.6 Å². The summed E-state index contributed by atoms with van der Waals surface area (Å²) in [5.41, 5.74) is 0. The van der Waals surface area contributed by atoms with Crippen molar-refractivity contribution in [2.45, 2.75) is 19.8 Å². The lowest BCUT2D eigenvalue weighted by atomic mass is 10.4. The van der Waals surface area contributed by atoms with Crippen LogP contribution in [0.5, 0.6) is 0 Å². The molecular formula is C8H16N2O3. The molecular weight excluding hydrogens is 172 g/mol. The lowest BCUT2D eigenvalue weighted by Crippen LogP contribution is -2.30. The molecule has 0 spiro atoms. The first-order valence-electron chi connectivity index (χ1n) is 4.29. The molecule has 0 aliphatic carbocycles. The Morgan fingerprint density at radius 2 is 1.92 bits per heavy atom. The largest absolute Gasteiger partial charge is 0.453 e. The van der Waals surface area contributed by atoms with Crippen LogP contribution in [0.15, 0.2) is 0 Å². The van der Waals surface area contributed by atoms with Crippen LogP contribution in [0.25, 0.3) is 0 Å². The van der Waals surface area contributed by atoms with Crippen LogP contribution in [-0.2, 0) is 9.53 Å². The van der Waals surface area contributed by atoms with Crippen molar-refractivity contribution < 1.29 is 14.3 Å². The summed E-state index contributed by atoms with van der Waals surface area (Å²) >= 11 is 0. The van der Waals surface area contributed by atoms with Crippen LogP contribution in [-0.4, -0.2) is 32.2 Å². The molecule has 0 aliphatic rings. The molecule has 0 saturated carbocycles. The third-order valence-corrected chi connectivity index (χ3v) is 1.38. The molecule has 0 fully saturated rings. The summed E-state index contributed by atoms with van der Waals surface area (Å²) in [6, 6.07) is 0. The van der Waals surface area contributed by atoms with E-state index < -0.39 is 6.09 Å². The van der Waals surface area contributed by atoms with Crippen molar-refractivity contribution in [3.8, 4) is 0 Å². The maximum atomic E-state index is 11.0. The Morgan fingerprint density at radius 1 is 1.23 bits per heavy atom. The topological polar surface area (TPSA) is 67.4 Å². The highest BCUT2D eigenvalue weighted by Crippen LogP contribution is 1.80. The van der Waals surface area contributed by atoms with Crippen molar-refractivity contribution in [3.63, 3.8) is 0 Å². The molecule has 0 aromatic rings. The Bertz CT molecular complexity index is 171. The zero-order valence-electron chi connectivity index (χ0n) is 8.05. The number of hydrogen-bond acceptors (Lipinski definition) is 3. The number of alkyl carbamates (subject to hydrolysis) is 1. The smallest absolute Gasteiger partial charge is 0.406 e. The van der Waals surface area contributed by atoms with Gasteiger partial charge in [0.05, 0.1) is 7.11 Å². The summed E-state index contributed by atoms with van der Waals surface area (Å²) in [6.45, 7) is 2.96. The minimum Gasteiger partial charge on any atom is -0.453 e. The van der Waals surface area contributed by atoms with E-state index in [9.17, 15) is 9.59 Å². The highest BCUT2D eigenvalue weighted by atomic mass is 16.5. The Hall–Kier alpha value is -1.26. The Labute approximate surface area is 77.8 Å². The summed E-state index contributed by atoms with van der Waals surface area (Å²) in [7, 11) is 1.28. The number of amides is 2. The minimum atomic E-state index is -0.511. The van der Waals surface area contributed by atoms with Crippen molar-refractivity contribution in [2.24, 2.45) is 0 Å². The first kappa shape index (κ1) is 11.7. The average molecular weight is 188 g/mol. The van der Waals surface area contributed by atoms with Crippen LogP contribution >= 0.6 is 0 Å². The number of carbonyl (C=O) groups excluding carboxylic acids is 2. The summed E-state index contributed by atoms with van der Waals surface area (Å²) in [6.07, 6.45) is 0.689. The monoisotopic (exact) mass is 188 g/mol. The SMILES string of the molecule is CCCNC(=O)CCNC(=O)OC. The number of methoxy groups -OCH3 is 1. The number of nitrogens with one attached hydrogen (secondary N) is 2. The lowest BCUT2D eigenvalue weighted by Gasteiger charge is -2.04. The van der Waals surface area contributed by atoms with Crippen molar-refractivity contribution in [1.29, 1.82) is 0 Å². The van der Waals surface area contributed by atoms with Crippen LogP contribution in [0.2, 0.25) is 0 Å². The predicted molar refractivity (Wildman–Crippen MR) is 48.3 cm³/mol. The van der Waals surface area contributed by atoms with E-state index in [1.807, 2.05) is 6.92 Å². The quantitative estimate of drug-likeness (QED) is 0.650. The number of ether oxygens (including phenoxy) is 1. The highest BCUT2D eigenvalue weighted by Gasteiger charge is 2.01. The van der Waals surface area contributed by atoms with Crippen LogP contribution in [0.4, 0.5) is 4.79 Å². The van der Waals surface area contributed by atoms with Crippen LogP contribution in [0, 0.1) is 0 Å². The van der Waals surface area contributed by atoms with E-state index >= 15 is 0 Å². The van der Waals surface area contributed by atoms with Crippen molar-refractivity contribution in [1.82, 2.24) is 10.6 Å². The molecule has 76 valence electrons. The van der Waals surface area contributed by atoms with Gasteiger partial charge >= 0.3 is 6.09 Å². The molecule has 13 heavy (non-hydrogen) atoms. The molecule has 0 saturated heterocycles.